The van der Waals surface area contributed by atoms with Gasteiger partial charge in [0.2, 0.25) is 0 Å². The van der Waals surface area contributed by atoms with E-state index in [0.717, 1.165) is 13.0 Å². The molecular weight excluding hydrogens is 260 g/mol. The summed E-state index contributed by atoms with van der Waals surface area (Å²) in [5.74, 6) is 0.600. The van der Waals surface area contributed by atoms with Crippen molar-refractivity contribution in [2.45, 2.75) is 25.2 Å². The van der Waals surface area contributed by atoms with Gasteiger partial charge in [-0.15, -0.1) is 0 Å². The second-order valence-electron chi connectivity index (χ2n) is 4.68. The predicted molar refractivity (Wildman–Crippen MR) is 75.5 cm³/mol. The van der Waals surface area contributed by atoms with Crippen LogP contribution in [-0.2, 0) is 9.84 Å². The van der Waals surface area contributed by atoms with Gasteiger partial charge in [-0.2, -0.15) is 5.26 Å². The maximum atomic E-state index is 12.1. The minimum Gasteiger partial charge on any atom is -0.315 e. The van der Waals surface area contributed by atoms with Crippen LogP contribution in [0.25, 0.3) is 0 Å². The third kappa shape index (κ3) is 5.01. The molecule has 1 atom stereocenters. The van der Waals surface area contributed by atoms with Crippen LogP contribution in [-0.4, -0.2) is 27.3 Å². The van der Waals surface area contributed by atoms with Crippen molar-refractivity contribution in [1.29, 1.82) is 5.26 Å². The molecule has 0 aliphatic rings. The summed E-state index contributed by atoms with van der Waals surface area (Å²) in [4.78, 5) is 0.219. The normalized spacial score (nSPS) is 12.9. The van der Waals surface area contributed by atoms with Gasteiger partial charge in [0.15, 0.2) is 9.84 Å². The lowest BCUT2D eigenvalue weighted by Crippen LogP contribution is -2.27. The fraction of sp³-hybridized carbons (Fsp3) is 0.500. The Labute approximate surface area is 115 Å². The number of hydrogen-bond acceptors (Lipinski definition) is 4. The van der Waals surface area contributed by atoms with E-state index in [2.05, 4.69) is 19.2 Å². The number of rotatable bonds is 7. The lowest BCUT2D eigenvalue weighted by molar-refractivity contribution is 0.508. The summed E-state index contributed by atoms with van der Waals surface area (Å²) in [6.45, 7) is 5.49. The molecule has 0 aliphatic carbocycles. The predicted octanol–water partition coefficient (Wildman–Crippen LogP) is 1.97. The molecule has 0 fully saturated rings. The highest BCUT2D eigenvalue weighted by atomic mass is 32.2. The molecule has 1 aromatic carbocycles. The molecule has 1 aromatic rings. The van der Waals surface area contributed by atoms with E-state index in [1.54, 1.807) is 12.1 Å². The molecule has 0 aliphatic heterocycles. The quantitative estimate of drug-likeness (QED) is 0.775. The Morgan fingerprint density at radius 3 is 2.79 bits per heavy atom. The number of nitrogens with one attached hydrogen (secondary N) is 1. The van der Waals surface area contributed by atoms with E-state index in [0.29, 0.717) is 18.0 Å². The minimum atomic E-state index is -3.31. The first kappa shape index (κ1) is 15.7. The first-order valence-corrected chi connectivity index (χ1v) is 8.08. The smallest absolute Gasteiger partial charge is 0.179 e. The molecular formula is C14H20N2O2S. The minimum absolute atomic E-state index is 0.0539. The van der Waals surface area contributed by atoms with Gasteiger partial charge in [-0.1, -0.05) is 26.3 Å². The Bertz CT molecular complexity index is 547. The van der Waals surface area contributed by atoms with Crippen LogP contribution < -0.4 is 5.32 Å². The summed E-state index contributed by atoms with van der Waals surface area (Å²) in [5, 5.41) is 11.9. The number of hydrogen-bond donors (Lipinski definition) is 1. The first-order valence-electron chi connectivity index (χ1n) is 6.43. The zero-order valence-electron chi connectivity index (χ0n) is 11.4. The van der Waals surface area contributed by atoms with Crippen LogP contribution >= 0.6 is 0 Å². The van der Waals surface area contributed by atoms with Crippen molar-refractivity contribution < 1.29 is 8.42 Å². The molecule has 104 valence electrons. The van der Waals surface area contributed by atoms with Gasteiger partial charge in [0.05, 0.1) is 22.3 Å². The summed E-state index contributed by atoms with van der Waals surface area (Å²) in [7, 11) is -3.31. The third-order valence-electron chi connectivity index (χ3n) is 3.06. The van der Waals surface area contributed by atoms with Gasteiger partial charge in [0.1, 0.15) is 0 Å². The summed E-state index contributed by atoms with van der Waals surface area (Å²) < 4.78 is 24.1. The van der Waals surface area contributed by atoms with Crippen LogP contribution in [0.15, 0.2) is 29.2 Å². The summed E-state index contributed by atoms with van der Waals surface area (Å²) in [6, 6.07) is 8.10. The third-order valence-corrected chi connectivity index (χ3v) is 4.77. The van der Waals surface area contributed by atoms with E-state index >= 15 is 0 Å². The van der Waals surface area contributed by atoms with Crippen LogP contribution in [0.4, 0.5) is 0 Å². The SMILES string of the molecule is CCC(C)CNCCS(=O)(=O)c1cccc(C#N)c1. The van der Waals surface area contributed by atoms with Gasteiger partial charge >= 0.3 is 0 Å². The number of nitrogens with zero attached hydrogens (tertiary/aromatic N) is 1. The molecule has 1 unspecified atom stereocenters. The largest absolute Gasteiger partial charge is 0.315 e. The van der Waals surface area contributed by atoms with Crippen molar-refractivity contribution in [3.63, 3.8) is 0 Å². The van der Waals surface area contributed by atoms with Crippen molar-refractivity contribution >= 4 is 9.84 Å². The number of sulfone groups is 1. The average Bonchev–Trinajstić information content (AvgIpc) is 2.43. The zero-order valence-corrected chi connectivity index (χ0v) is 12.2. The van der Waals surface area contributed by atoms with Crippen molar-refractivity contribution in [2.24, 2.45) is 5.92 Å². The number of nitriles is 1. The maximum absolute atomic E-state index is 12.1. The lowest BCUT2D eigenvalue weighted by Gasteiger charge is -2.10. The molecule has 0 bridgehead atoms. The monoisotopic (exact) mass is 280 g/mol. The molecule has 1 rings (SSSR count). The van der Waals surface area contributed by atoms with E-state index in [4.69, 9.17) is 5.26 Å². The molecule has 0 heterocycles. The second kappa shape index (κ2) is 7.27. The summed E-state index contributed by atoms with van der Waals surface area (Å²) in [6.07, 6.45) is 1.07. The van der Waals surface area contributed by atoms with E-state index in [-0.39, 0.29) is 10.6 Å². The molecule has 0 amide bonds. The van der Waals surface area contributed by atoms with E-state index in [1.165, 1.54) is 12.1 Å². The van der Waals surface area contributed by atoms with E-state index in [9.17, 15) is 8.42 Å². The highest BCUT2D eigenvalue weighted by Crippen LogP contribution is 2.12. The molecule has 0 radical (unpaired) electrons. The van der Waals surface area contributed by atoms with Crippen molar-refractivity contribution in [2.75, 3.05) is 18.8 Å². The first-order chi connectivity index (χ1) is 8.99. The van der Waals surface area contributed by atoms with Gasteiger partial charge in [0, 0.05) is 6.54 Å². The molecule has 1 N–H and O–H groups in total. The Balaban J connectivity index is 2.59. The van der Waals surface area contributed by atoms with Gasteiger partial charge in [-0.3, -0.25) is 0 Å². The molecule has 4 nitrogen and oxygen atoms in total. The van der Waals surface area contributed by atoms with E-state index < -0.39 is 9.84 Å². The highest BCUT2D eigenvalue weighted by molar-refractivity contribution is 7.91. The van der Waals surface area contributed by atoms with Crippen molar-refractivity contribution in [1.82, 2.24) is 5.32 Å². The molecule has 0 aromatic heterocycles. The lowest BCUT2D eigenvalue weighted by atomic mass is 10.1. The fourth-order valence-corrected chi connectivity index (χ4v) is 2.82. The van der Waals surface area contributed by atoms with E-state index in [1.807, 2.05) is 6.07 Å². The van der Waals surface area contributed by atoms with Gasteiger partial charge in [-0.05, 0) is 30.7 Å². The van der Waals surface area contributed by atoms with Crippen molar-refractivity contribution in [3.05, 3.63) is 29.8 Å². The molecule has 0 spiro atoms. The Morgan fingerprint density at radius 2 is 2.16 bits per heavy atom. The molecule has 5 heteroatoms. The average molecular weight is 280 g/mol. The number of benzene rings is 1. The Morgan fingerprint density at radius 1 is 1.42 bits per heavy atom. The highest BCUT2D eigenvalue weighted by Gasteiger charge is 2.14. The standard InChI is InChI=1S/C14H20N2O2S/c1-3-12(2)11-16-7-8-19(17,18)14-6-4-5-13(9-14)10-15/h4-6,9,12,16H,3,7-8,11H2,1-2H3. The molecule has 0 saturated heterocycles. The maximum Gasteiger partial charge on any atom is 0.179 e. The van der Waals surface area contributed by atoms with Gasteiger partial charge in [-0.25, -0.2) is 8.42 Å². The Kier molecular flexibility index (Phi) is 6.00. The van der Waals surface area contributed by atoms with Crippen LogP contribution in [0.5, 0.6) is 0 Å². The molecule has 19 heavy (non-hydrogen) atoms. The fourth-order valence-electron chi connectivity index (χ4n) is 1.58. The van der Waals surface area contributed by atoms with Gasteiger partial charge < -0.3 is 5.32 Å². The van der Waals surface area contributed by atoms with Crippen LogP contribution in [0.3, 0.4) is 0 Å². The zero-order chi connectivity index (χ0) is 14.3. The van der Waals surface area contributed by atoms with Crippen LogP contribution in [0, 0.1) is 17.2 Å². The van der Waals surface area contributed by atoms with Crippen LogP contribution in [0.2, 0.25) is 0 Å². The second-order valence-corrected chi connectivity index (χ2v) is 6.79. The van der Waals surface area contributed by atoms with Crippen molar-refractivity contribution in [3.8, 4) is 6.07 Å². The van der Waals surface area contributed by atoms with Gasteiger partial charge in [0.25, 0.3) is 0 Å². The summed E-state index contributed by atoms with van der Waals surface area (Å²) in [5.41, 5.74) is 0.369. The molecule has 0 saturated carbocycles. The summed E-state index contributed by atoms with van der Waals surface area (Å²) >= 11 is 0. The Hall–Kier alpha value is -1.38. The topological polar surface area (TPSA) is 70.0 Å². The van der Waals surface area contributed by atoms with Crippen LogP contribution in [0.1, 0.15) is 25.8 Å².